The Balaban J connectivity index is 2.06. The molecule has 0 aromatic heterocycles. The molecule has 0 radical (unpaired) electrons. The van der Waals surface area contributed by atoms with E-state index in [0.717, 1.165) is 0 Å². The third kappa shape index (κ3) is 2.26. The molecule has 3 atom stereocenters. The summed E-state index contributed by atoms with van der Waals surface area (Å²) in [5, 5.41) is 9.88. The average Bonchev–Trinajstić information content (AvgIpc) is 2.53. The van der Waals surface area contributed by atoms with Crippen molar-refractivity contribution in [1.29, 1.82) is 0 Å². The fourth-order valence-electron chi connectivity index (χ4n) is 2.32. The van der Waals surface area contributed by atoms with E-state index in [4.69, 9.17) is 25.8 Å². The zero-order chi connectivity index (χ0) is 12.0. The van der Waals surface area contributed by atoms with E-state index in [1.807, 2.05) is 13.8 Å². The molecule has 2 fully saturated rings. The fourth-order valence-corrected chi connectivity index (χ4v) is 2.57. The minimum atomic E-state index is -0.704. The van der Waals surface area contributed by atoms with Crippen LogP contribution in [0.15, 0.2) is 11.6 Å². The number of hydrogen-bond acceptors (Lipinski definition) is 4. The predicted octanol–water partition coefficient (Wildman–Crippen LogP) is 1.76. The van der Waals surface area contributed by atoms with E-state index in [1.54, 1.807) is 0 Å². The van der Waals surface area contributed by atoms with Crippen LogP contribution < -0.4 is 0 Å². The summed E-state index contributed by atoms with van der Waals surface area (Å²) in [6.45, 7) is 7.20. The number of aliphatic hydroxyl groups is 1. The molecule has 2 aliphatic heterocycles. The third-order valence-electron chi connectivity index (χ3n) is 2.88. The summed E-state index contributed by atoms with van der Waals surface area (Å²) >= 11 is 5.77. The molecular formula is C11H17ClO4. The smallest absolute Gasteiger partial charge is 0.188 e. The van der Waals surface area contributed by atoms with Crippen molar-refractivity contribution >= 4 is 11.6 Å². The van der Waals surface area contributed by atoms with E-state index in [0.29, 0.717) is 17.9 Å². The Hall–Kier alpha value is -0.130. The zero-order valence-electron chi connectivity index (χ0n) is 9.53. The third-order valence-corrected chi connectivity index (χ3v) is 3.01. The van der Waals surface area contributed by atoms with E-state index >= 15 is 0 Å². The van der Waals surface area contributed by atoms with Gasteiger partial charge in [-0.3, -0.25) is 0 Å². The number of hydrogen-bond donors (Lipinski definition) is 1. The van der Waals surface area contributed by atoms with Crippen molar-refractivity contribution < 1.29 is 19.3 Å². The highest BCUT2D eigenvalue weighted by Crippen LogP contribution is 2.44. The Morgan fingerprint density at radius 2 is 2.12 bits per heavy atom. The molecule has 92 valence electrons. The molecule has 2 aliphatic rings. The van der Waals surface area contributed by atoms with Crippen LogP contribution in [-0.4, -0.2) is 35.5 Å². The van der Waals surface area contributed by atoms with Gasteiger partial charge in [-0.25, -0.2) is 0 Å². The summed E-state index contributed by atoms with van der Waals surface area (Å²) in [6.07, 6.45) is 0.422. The summed E-state index contributed by atoms with van der Waals surface area (Å²) in [7, 11) is 0. The fraction of sp³-hybridized carbons (Fsp3) is 0.818. The van der Waals surface area contributed by atoms with E-state index in [1.165, 1.54) is 0 Å². The summed E-state index contributed by atoms with van der Waals surface area (Å²) in [5.41, 5.74) is -0.704. The van der Waals surface area contributed by atoms with Crippen LogP contribution in [0.4, 0.5) is 0 Å². The van der Waals surface area contributed by atoms with Gasteiger partial charge >= 0.3 is 0 Å². The van der Waals surface area contributed by atoms with Gasteiger partial charge in [-0.2, -0.15) is 0 Å². The Bertz CT molecular complexity index is 286. The van der Waals surface area contributed by atoms with Crippen molar-refractivity contribution in [2.45, 2.75) is 50.5 Å². The number of fused-ring (bicyclic) bond motifs is 1. The highest BCUT2D eigenvalue weighted by atomic mass is 35.5. The van der Waals surface area contributed by atoms with Gasteiger partial charge in [0.25, 0.3) is 0 Å². The number of rotatable bonds is 3. The largest absolute Gasteiger partial charge is 0.393 e. The van der Waals surface area contributed by atoms with Crippen LogP contribution in [0.25, 0.3) is 0 Å². The van der Waals surface area contributed by atoms with Crippen molar-refractivity contribution in [3.8, 4) is 0 Å². The van der Waals surface area contributed by atoms with Gasteiger partial charge < -0.3 is 19.3 Å². The van der Waals surface area contributed by atoms with E-state index in [-0.39, 0.29) is 12.7 Å². The Kier molecular flexibility index (Phi) is 3.05. The van der Waals surface area contributed by atoms with Gasteiger partial charge in [0.1, 0.15) is 11.7 Å². The van der Waals surface area contributed by atoms with Gasteiger partial charge in [0, 0.05) is 17.9 Å². The zero-order valence-corrected chi connectivity index (χ0v) is 10.3. The van der Waals surface area contributed by atoms with Crippen LogP contribution in [0, 0.1) is 0 Å². The maximum Gasteiger partial charge on any atom is 0.188 e. The van der Waals surface area contributed by atoms with Crippen molar-refractivity contribution in [3.05, 3.63) is 11.6 Å². The minimum absolute atomic E-state index is 0.112. The summed E-state index contributed by atoms with van der Waals surface area (Å²) < 4.78 is 17.0. The molecule has 1 N–H and O–H groups in total. The molecule has 5 heteroatoms. The molecule has 2 heterocycles. The topological polar surface area (TPSA) is 47.9 Å². The van der Waals surface area contributed by atoms with Gasteiger partial charge in [-0.1, -0.05) is 18.2 Å². The first-order chi connectivity index (χ1) is 7.36. The number of ether oxygens (including phenoxy) is 3. The summed E-state index contributed by atoms with van der Waals surface area (Å²) in [6, 6.07) is 0. The highest BCUT2D eigenvalue weighted by Gasteiger charge is 2.54. The molecule has 2 saturated heterocycles. The normalized spacial score (nSPS) is 41.0. The molecule has 0 unspecified atom stereocenters. The monoisotopic (exact) mass is 248 g/mol. The molecular weight excluding hydrogens is 232 g/mol. The molecule has 0 saturated carbocycles. The first kappa shape index (κ1) is 12.3. The van der Waals surface area contributed by atoms with Crippen LogP contribution in [0.5, 0.6) is 0 Å². The number of halogens is 1. The first-order valence-corrected chi connectivity index (χ1v) is 5.71. The van der Waals surface area contributed by atoms with Gasteiger partial charge in [-0.05, 0) is 13.8 Å². The molecule has 0 amide bonds. The molecule has 0 aromatic carbocycles. The molecule has 16 heavy (non-hydrogen) atoms. The Morgan fingerprint density at radius 1 is 1.44 bits per heavy atom. The SMILES string of the molecule is C=C(Cl)C[C@]1(CO)C[C@H]2OC(C)(C)O[C@H]2O1. The quantitative estimate of drug-likeness (QED) is 0.827. The molecule has 0 spiro atoms. The van der Waals surface area contributed by atoms with Crippen LogP contribution in [0.1, 0.15) is 26.7 Å². The lowest BCUT2D eigenvalue weighted by Gasteiger charge is -2.29. The first-order valence-electron chi connectivity index (χ1n) is 5.33. The predicted molar refractivity (Wildman–Crippen MR) is 59.0 cm³/mol. The van der Waals surface area contributed by atoms with Crippen molar-refractivity contribution in [2.75, 3.05) is 6.61 Å². The van der Waals surface area contributed by atoms with Crippen LogP contribution in [0.2, 0.25) is 0 Å². The lowest BCUT2D eigenvalue weighted by molar-refractivity contribution is -0.230. The van der Waals surface area contributed by atoms with Crippen molar-refractivity contribution in [3.63, 3.8) is 0 Å². The minimum Gasteiger partial charge on any atom is -0.393 e. The molecule has 2 rings (SSSR count). The van der Waals surface area contributed by atoms with Gasteiger partial charge in [-0.15, -0.1) is 0 Å². The summed E-state index contributed by atoms with van der Waals surface area (Å²) in [5.74, 6) is -0.616. The lowest BCUT2D eigenvalue weighted by atomic mass is 9.96. The van der Waals surface area contributed by atoms with Crippen LogP contribution in [-0.2, 0) is 14.2 Å². The second-order valence-corrected chi connectivity index (χ2v) is 5.43. The second-order valence-electron chi connectivity index (χ2n) is 4.90. The molecule has 0 bridgehead atoms. The van der Waals surface area contributed by atoms with E-state index in [2.05, 4.69) is 6.58 Å². The van der Waals surface area contributed by atoms with Gasteiger partial charge in [0.2, 0.25) is 0 Å². The molecule has 0 aromatic rings. The maximum absolute atomic E-state index is 9.41. The van der Waals surface area contributed by atoms with Crippen molar-refractivity contribution in [1.82, 2.24) is 0 Å². The highest BCUT2D eigenvalue weighted by molar-refractivity contribution is 6.29. The molecule has 4 nitrogen and oxygen atoms in total. The standard InChI is InChI=1S/C11H17ClO4/c1-7(12)4-11(6-13)5-8-9(16-11)15-10(2,3)14-8/h8-9,13H,1,4-6H2,2-3H3/t8-,9+,11-/m1/s1. The average molecular weight is 249 g/mol. The van der Waals surface area contributed by atoms with Gasteiger partial charge in [0.15, 0.2) is 12.1 Å². The molecule has 0 aliphatic carbocycles. The number of aliphatic hydroxyl groups excluding tert-OH is 1. The Morgan fingerprint density at radius 3 is 2.62 bits per heavy atom. The lowest BCUT2D eigenvalue weighted by Crippen LogP contribution is -2.36. The second kappa shape index (κ2) is 3.96. The van der Waals surface area contributed by atoms with Crippen LogP contribution in [0.3, 0.4) is 0 Å². The van der Waals surface area contributed by atoms with Gasteiger partial charge in [0.05, 0.1) is 6.61 Å². The van der Waals surface area contributed by atoms with Crippen LogP contribution >= 0.6 is 11.6 Å². The van der Waals surface area contributed by atoms with E-state index < -0.39 is 17.7 Å². The van der Waals surface area contributed by atoms with Crippen molar-refractivity contribution in [2.24, 2.45) is 0 Å². The summed E-state index contributed by atoms with van der Waals surface area (Å²) in [4.78, 5) is 0. The van der Waals surface area contributed by atoms with E-state index in [9.17, 15) is 5.11 Å². The maximum atomic E-state index is 9.41. The Labute approximate surface area is 100 Å².